The summed E-state index contributed by atoms with van der Waals surface area (Å²) in [5, 5.41) is 10.7. The van der Waals surface area contributed by atoms with Crippen LogP contribution in [0.4, 0.5) is 0 Å². The van der Waals surface area contributed by atoms with Gasteiger partial charge in [-0.3, -0.25) is 4.40 Å². The van der Waals surface area contributed by atoms with Gasteiger partial charge < -0.3 is 0 Å². The Morgan fingerprint density at radius 3 is 3.21 bits per heavy atom. The Hall–Kier alpha value is -1.05. The first-order valence-electron chi connectivity index (χ1n) is 4.20. The number of fused-ring (bicyclic) bond motifs is 1. The lowest BCUT2D eigenvalue weighted by Gasteiger charge is -1.99. The van der Waals surface area contributed by atoms with Gasteiger partial charge >= 0.3 is 0 Å². The molecule has 0 amide bonds. The van der Waals surface area contributed by atoms with Crippen molar-refractivity contribution >= 4 is 27.9 Å². The van der Waals surface area contributed by atoms with Crippen molar-refractivity contribution in [3.05, 3.63) is 23.5 Å². The zero-order chi connectivity index (χ0) is 9.97. The van der Waals surface area contributed by atoms with Crippen molar-refractivity contribution in [3.8, 4) is 6.07 Å². The van der Waals surface area contributed by atoms with E-state index in [1.807, 2.05) is 22.2 Å². The van der Waals surface area contributed by atoms with Crippen molar-refractivity contribution in [1.29, 1.82) is 5.26 Å². The van der Waals surface area contributed by atoms with Gasteiger partial charge in [-0.05, 0) is 0 Å². The van der Waals surface area contributed by atoms with Crippen LogP contribution < -0.4 is 0 Å². The molecule has 2 aromatic rings. The van der Waals surface area contributed by atoms with Crippen molar-refractivity contribution in [2.24, 2.45) is 5.92 Å². The lowest BCUT2D eigenvalue weighted by atomic mass is 10.1. The summed E-state index contributed by atoms with van der Waals surface area (Å²) in [4.78, 5) is 5.34. The summed E-state index contributed by atoms with van der Waals surface area (Å²) in [5.74, 6) is 0.225. The molecule has 0 fully saturated rings. The van der Waals surface area contributed by atoms with Crippen LogP contribution in [0.2, 0.25) is 0 Å². The monoisotopic (exact) mass is 225 g/mol. The minimum Gasteiger partial charge on any atom is -0.297 e. The Morgan fingerprint density at radius 2 is 2.57 bits per heavy atom. The molecule has 2 heterocycles. The van der Waals surface area contributed by atoms with Gasteiger partial charge in [0.25, 0.3) is 0 Å². The first kappa shape index (κ1) is 9.50. The van der Waals surface area contributed by atoms with E-state index in [0.29, 0.717) is 12.3 Å². The van der Waals surface area contributed by atoms with Gasteiger partial charge in [0.05, 0.1) is 17.7 Å². The third kappa shape index (κ3) is 1.74. The summed E-state index contributed by atoms with van der Waals surface area (Å²) in [7, 11) is 0. The maximum atomic E-state index is 8.75. The molecule has 1 unspecified atom stereocenters. The SMILES string of the molecule is N#CC(CCl)Cc1cn2ccsc2n1. The summed E-state index contributed by atoms with van der Waals surface area (Å²) in [5.41, 5.74) is 0.934. The molecule has 0 aliphatic rings. The standard InChI is InChI=1S/C9H8ClN3S/c10-4-7(5-11)3-8-6-13-1-2-14-9(13)12-8/h1-2,6-7H,3-4H2. The average molecular weight is 226 g/mol. The second kappa shape index (κ2) is 3.99. The molecule has 72 valence electrons. The lowest BCUT2D eigenvalue weighted by Crippen LogP contribution is -2.03. The molecule has 2 aromatic heterocycles. The number of thiazole rings is 1. The minimum atomic E-state index is -0.138. The summed E-state index contributed by atoms with van der Waals surface area (Å²) < 4.78 is 1.96. The molecule has 0 aliphatic carbocycles. The van der Waals surface area contributed by atoms with Crippen LogP contribution in [-0.2, 0) is 6.42 Å². The van der Waals surface area contributed by atoms with Crippen molar-refractivity contribution in [2.75, 3.05) is 5.88 Å². The third-order valence-electron chi connectivity index (χ3n) is 1.97. The second-order valence-electron chi connectivity index (χ2n) is 3.01. The molecular formula is C9H8ClN3S. The van der Waals surface area contributed by atoms with E-state index in [2.05, 4.69) is 11.1 Å². The van der Waals surface area contributed by atoms with E-state index in [1.165, 1.54) is 0 Å². The van der Waals surface area contributed by atoms with E-state index < -0.39 is 0 Å². The molecule has 0 spiro atoms. The van der Waals surface area contributed by atoms with Crippen LogP contribution in [0.5, 0.6) is 0 Å². The molecule has 14 heavy (non-hydrogen) atoms. The zero-order valence-electron chi connectivity index (χ0n) is 7.35. The van der Waals surface area contributed by atoms with Crippen LogP contribution in [0.25, 0.3) is 4.96 Å². The Labute approximate surface area is 90.6 Å². The number of alkyl halides is 1. The van der Waals surface area contributed by atoms with Crippen LogP contribution in [0, 0.1) is 17.2 Å². The Bertz CT molecular complexity index is 439. The van der Waals surface area contributed by atoms with E-state index in [0.717, 1.165) is 10.7 Å². The fourth-order valence-corrected chi connectivity index (χ4v) is 2.16. The molecule has 0 aromatic carbocycles. The molecule has 0 radical (unpaired) electrons. The quantitative estimate of drug-likeness (QED) is 0.753. The topological polar surface area (TPSA) is 41.1 Å². The van der Waals surface area contributed by atoms with Crippen molar-refractivity contribution in [3.63, 3.8) is 0 Å². The number of rotatable bonds is 3. The first-order chi connectivity index (χ1) is 6.83. The fraction of sp³-hybridized carbons (Fsp3) is 0.333. The van der Waals surface area contributed by atoms with Gasteiger partial charge in [-0.2, -0.15) is 5.26 Å². The number of nitrogens with zero attached hydrogens (tertiary/aromatic N) is 3. The molecule has 2 rings (SSSR count). The summed E-state index contributed by atoms with van der Waals surface area (Å²) in [6.07, 6.45) is 4.54. The van der Waals surface area contributed by atoms with Crippen molar-refractivity contribution < 1.29 is 0 Å². The van der Waals surface area contributed by atoms with E-state index >= 15 is 0 Å². The minimum absolute atomic E-state index is 0.138. The molecule has 0 saturated heterocycles. The maximum absolute atomic E-state index is 8.75. The maximum Gasteiger partial charge on any atom is 0.193 e. The van der Waals surface area contributed by atoms with Gasteiger partial charge in [0.2, 0.25) is 0 Å². The van der Waals surface area contributed by atoms with Crippen LogP contribution in [0.15, 0.2) is 17.8 Å². The van der Waals surface area contributed by atoms with E-state index in [4.69, 9.17) is 16.9 Å². The number of nitriles is 1. The molecule has 0 saturated carbocycles. The summed E-state index contributed by atoms with van der Waals surface area (Å²) in [6, 6.07) is 2.16. The molecule has 0 N–H and O–H groups in total. The highest BCUT2D eigenvalue weighted by Crippen LogP contribution is 2.14. The number of imidazole rings is 1. The van der Waals surface area contributed by atoms with Gasteiger partial charge in [-0.1, -0.05) is 0 Å². The smallest absolute Gasteiger partial charge is 0.193 e. The highest BCUT2D eigenvalue weighted by atomic mass is 35.5. The van der Waals surface area contributed by atoms with Crippen LogP contribution in [-0.4, -0.2) is 15.3 Å². The fourth-order valence-electron chi connectivity index (χ4n) is 1.26. The first-order valence-corrected chi connectivity index (χ1v) is 5.61. The van der Waals surface area contributed by atoms with Crippen LogP contribution >= 0.6 is 22.9 Å². The Morgan fingerprint density at radius 1 is 1.71 bits per heavy atom. The van der Waals surface area contributed by atoms with Gasteiger partial charge in [-0.25, -0.2) is 4.98 Å². The Kier molecular flexibility index (Phi) is 2.71. The average Bonchev–Trinajstić information content (AvgIpc) is 2.73. The lowest BCUT2D eigenvalue weighted by molar-refractivity contribution is 0.732. The Balaban J connectivity index is 2.20. The number of hydrogen-bond acceptors (Lipinski definition) is 3. The van der Waals surface area contributed by atoms with Crippen molar-refractivity contribution in [1.82, 2.24) is 9.38 Å². The normalized spacial score (nSPS) is 12.9. The highest BCUT2D eigenvalue weighted by Gasteiger charge is 2.10. The zero-order valence-corrected chi connectivity index (χ0v) is 8.92. The molecule has 5 heteroatoms. The molecule has 3 nitrogen and oxygen atoms in total. The molecule has 0 bridgehead atoms. The largest absolute Gasteiger partial charge is 0.297 e. The van der Waals surface area contributed by atoms with Gasteiger partial charge in [0.15, 0.2) is 4.96 Å². The predicted molar refractivity (Wildman–Crippen MR) is 56.6 cm³/mol. The molecule has 1 atom stereocenters. The van der Waals surface area contributed by atoms with Gasteiger partial charge in [0, 0.05) is 30.1 Å². The number of hydrogen-bond donors (Lipinski definition) is 0. The van der Waals surface area contributed by atoms with E-state index in [9.17, 15) is 0 Å². The molecule has 0 aliphatic heterocycles. The highest BCUT2D eigenvalue weighted by molar-refractivity contribution is 7.15. The van der Waals surface area contributed by atoms with E-state index in [1.54, 1.807) is 11.3 Å². The van der Waals surface area contributed by atoms with Gasteiger partial charge in [-0.15, -0.1) is 22.9 Å². The number of aromatic nitrogens is 2. The van der Waals surface area contributed by atoms with Crippen LogP contribution in [0.3, 0.4) is 0 Å². The third-order valence-corrected chi connectivity index (χ3v) is 3.11. The van der Waals surface area contributed by atoms with Crippen LogP contribution in [0.1, 0.15) is 5.69 Å². The van der Waals surface area contributed by atoms with E-state index in [-0.39, 0.29) is 5.92 Å². The predicted octanol–water partition coefficient (Wildman–Crippen LogP) is 2.32. The second-order valence-corrected chi connectivity index (χ2v) is 4.19. The molecular weight excluding hydrogens is 218 g/mol. The summed E-state index contributed by atoms with van der Waals surface area (Å²) >= 11 is 7.22. The summed E-state index contributed by atoms with van der Waals surface area (Å²) in [6.45, 7) is 0. The van der Waals surface area contributed by atoms with Crippen molar-refractivity contribution in [2.45, 2.75) is 6.42 Å². The number of halogens is 1. The van der Waals surface area contributed by atoms with Gasteiger partial charge in [0.1, 0.15) is 0 Å².